The van der Waals surface area contributed by atoms with Gasteiger partial charge in [0, 0.05) is 0 Å². The van der Waals surface area contributed by atoms with E-state index in [2.05, 4.69) is 0 Å². The number of rotatable bonds is 8. The van der Waals surface area contributed by atoms with Gasteiger partial charge in [-0.15, -0.1) is 0 Å². The van der Waals surface area contributed by atoms with Gasteiger partial charge in [0.1, 0.15) is 32.8 Å². The molecule has 0 amide bonds. The first-order valence-electron chi connectivity index (χ1n) is 14.4. The van der Waals surface area contributed by atoms with Crippen LogP contribution in [0.1, 0.15) is 0 Å². The molecule has 49 heavy (non-hydrogen) atoms. The highest BCUT2D eigenvalue weighted by Gasteiger charge is 2.29. The average Bonchev–Trinajstić information content (AvgIpc) is 3.09. The van der Waals surface area contributed by atoms with Crippen molar-refractivity contribution in [2.45, 2.75) is 29.4 Å². The Morgan fingerprint density at radius 2 is 0.673 bits per heavy atom. The van der Waals surface area contributed by atoms with Crippen LogP contribution >= 0.6 is 0 Å². The number of hydrogen-bond donors (Lipinski definition) is 4. The molecule has 0 fully saturated rings. The second-order valence-corrected chi connectivity index (χ2v) is 16.7. The molecule has 0 atom stereocenters. The van der Waals surface area contributed by atoms with Gasteiger partial charge in [0.25, 0.3) is 0 Å². The normalized spacial score (nSPS) is 12.1. The van der Waals surface area contributed by atoms with Crippen molar-refractivity contribution in [1.82, 2.24) is 0 Å². The van der Waals surface area contributed by atoms with Crippen LogP contribution in [0.3, 0.4) is 0 Å². The van der Waals surface area contributed by atoms with Crippen LogP contribution < -0.4 is 0 Å². The van der Waals surface area contributed by atoms with Crippen LogP contribution in [0, 0.1) is 0 Å². The van der Waals surface area contributed by atoms with Crippen LogP contribution in [-0.2, 0) is 29.5 Å². The topological polar surface area (TPSA) is 183 Å². The van der Waals surface area contributed by atoms with Gasteiger partial charge in [0.15, 0.2) is 0 Å². The van der Waals surface area contributed by atoms with Crippen LogP contribution in [0.5, 0.6) is 23.0 Å². The fraction of sp³-hybridized carbons (Fsp3) is 0. The molecule has 0 unspecified atom stereocenters. The van der Waals surface area contributed by atoms with E-state index < -0.39 is 60.6 Å². The largest absolute Gasteiger partial charge is 0.508 e. The summed E-state index contributed by atoms with van der Waals surface area (Å²) in [6.45, 7) is 0. The molecule has 0 aliphatic rings. The highest BCUT2D eigenvalue weighted by molar-refractivity contribution is 7.93. The lowest BCUT2D eigenvalue weighted by Gasteiger charge is -2.13. The van der Waals surface area contributed by atoms with Gasteiger partial charge in [-0.3, -0.25) is 0 Å². The van der Waals surface area contributed by atoms with Gasteiger partial charge in [-0.2, -0.15) is 0 Å². The molecule has 13 heteroatoms. The van der Waals surface area contributed by atoms with Gasteiger partial charge in [-0.05, 0) is 107 Å². The Morgan fingerprint density at radius 3 is 1.04 bits per heavy atom. The predicted octanol–water partition coefficient (Wildman–Crippen LogP) is 6.34. The summed E-state index contributed by atoms with van der Waals surface area (Å²) in [6, 6.07) is 29.0. The van der Waals surface area contributed by atoms with E-state index in [4.69, 9.17) is 0 Å². The number of hydrogen-bond acceptors (Lipinski definition) is 10. The Morgan fingerprint density at radius 1 is 0.327 bits per heavy atom. The molecule has 10 nitrogen and oxygen atoms in total. The summed E-state index contributed by atoms with van der Waals surface area (Å²) >= 11 is 0. The maximum atomic E-state index is 13.8. The lowest BCUT2D eigenvalue weighted by atomic mass is 10.1. The van der Waals surface area contributed by atoms with Gasteiger partial charge in [0.2, 0.25) is 29.5 Å². The van der Waals surface area contributed by atoms with Gasteiger partial charge < -0.3 is 20.4 Å². The first-order chi connectivity index (χ1) is 23.2. The minimum absolute atomic E-state index is 0.0219. The molecular formula is C36H26O10S3. The molecular weight excluding hydrogens is 689 g/mol. The molecule has 0 heterocycles. The monoisotopic (exact) mass is 714 g/mol. The molecule has 0 saturated heterocycles. The van der Waals surface area contributed by atoms with Crippen molar-refractivity contribution < 1.29 is 45.7 Å². The average molecular weight is 715 g/mol. The van der Waals surface area contributed by atoms with E-state index in [-0.39, 0.29) is 21.3 Å². The molecule has 248 valence electrons. The Bertz CT molecular complexity index is 2390. The van der Waals surface area contributed by atoms with E-state index in [1.807, 2.05) is 0 Å². The summed E-state index contributed by atoms with van der Waals surface area (Å²) in [5, 5.41) is 40.4. The van der Waals surface area contributed by atoms with Crippen LogP contribution in [-0.4, -0.2) is 45.7 Å². The van der Waals surface area contributed by atoms with Crippen LogP contribution in [0.15, 0.2) is 163 Å². The fourth-order valence-corrected chi connectivity index (χ4v) is 9.44. The van der Waals surface area contributed by atoms with Crippen molar-refractivity contribution in [3.8, 4) is 45.3 Å². The number of aromatic hydroxyl groups is 4. The lowest BCUT2D eigenvalue weighted by molar-refractivity contribution is 0.457. The van der Waals surface area contributed by atoms with E-state index in [9.17, 15) is 45.7 Å². The summed E-state index contributed by atoms with van der Waals surface area (Å²) in [6.07, 6.45) is 0. The molecule has 0 bridgehead atoms. The molecule has 0 spiro atoms. The van der Waals surface area contributed by atoms with Crippen LogP contribution in [0.2, 0.25) is 0 Å². The Hall–Kier alpha value is -5.63. The number of phenolic OH excluding ortho intramolecular Hbond substituents is 4. The minimum Gasteiger partial charge on any atom is -0.508 e. The van der Waals surface area contributed by atoms with E-state index in [1.54, 1.807) is 36.4 Å². The highest BCUT2D eigenvalue weighted by Crippen LogP contribution is 2.37. The molecule has 0 radical (unpaired) electrons. The highest BCUT2D eigenvalue weighted by atomic mass is 32.2. The van der Waals surface area contributed by atoms with Gasteiger partial charge in [-0.25, -0.2) is 25.3 Å². The Labute approximate surface area is 282 Å². The third kappa shape index (κ3) is 6.34. The summed E-state index contributed by atoms with van der Waals surface area (Å²) in [7, 11) is -13.6. The molecule has 0 aliphatic carbocycles. The third-order valence-corrected chi connectivity index (χ3v) is 13.1. The molecule has 6 rings (SSSR count). The smallest absolute Gasteiger partial charge is 0.210 e. The lowest BCUT2D eigenvalue weighted by Crippen LogP contribution is -2.08. The van der Waals surface area contributed by atoms with E-state index in [1.165, 1.54) is 60.7 Å². The zero-order valence-electron chi connectivity index (χ0n) is 25.2. The van der Waals surface area contributed by atoms with Gasteiger partial charge in [0.05, 0.1) is 19.6 Å². The second-order valence-electron chi connectivity index (χ2n) is 10.9. The molecule has 0 aromatic heterocycles. The van der Waals surface area contributed by atoms with E-state index in [0.717, 1.165) is 36.4 Å². The SMILES string of the molecule is O=S(=O)(c1ccc(O)c(S(=O)(=O)c2cccc(-c3ccc(O)cc3)c2)c1)c1ccc(O)c(S(=O)(=O)c2cccc(-c3ccc(O)cc3)c2)c1. The number of benzene rings is 6. The quantitative estimate of drug-likeness (QED) is 0.139. The molecule has 6 aromatic carbocycles. The molecule has 6 aromatic rings. The van der Waals surface area contributed by atoms with E-state index in [0.29, 0.717) is 22.3 Å². The van der Waals surface area contributed by atoms with Crippen LogP contribution in [0.4, 0.5) is 0 Å². The molecule has 4 N–H and O–H groups in total. The first-order valence-corrected chi connectivity index (χ1v) is 18.8. The third-order valence-electron chi connectivity index (χ3n) is 7.75. The number of sulfone groups is 3. The Balaban J connectivity index is 1.38. The maximum absolute atomic E-state index is 13.8. The standard InChI is InChI=1S/C36H26O10S3/c37-27-11-7-23(8-12-27)25-3-1-5-29(19-25)48(43,44)35-21-31(15-17-33(35)39)47(41,42)32-16-18-34(40)36(22-32)49(45,46)30-6-2-4-26(20-30)24-9-13-28(38)14-10-24/h1-22,37-40H. The summed E-state index contributed by atoms with van der Waals surface area (Å²) in [5.41, 5.74) is 2.16. The minimum atomic E-state index is -4.61. The zero-order chi connectivity index (χ0) is 35.1. The molecule has 0 aliphatic heterocycles. The fourth-order valence-electron chi connectivity index (χ4n) is 5.14. The maximum Gasteiger partial charge on any atom is 0.210 e. The molecule has 0 saturated carbocycles. The van der Waals surface area contributed by atoms with Crippen LogP contribution in [0.25, 0.3) is 22.3 Å². The first kappa shape index (κ1) is 33.3. The number of phenols is 4. The predicted molar refractivity (Wildman–Crippen MR) is 180 cm³/mol. The second kappa shape index (κ2) is 12.4. The zero-order valence-corrected chi connectivity index (χ0v) is 27.6. The van der Waals surface area contributed by atoms with Crippen molar-refractivity contribution in [2.75, 3.05) is 0 Å². The van der Waals surface area contributed by atoms with E-state index >= 15 is 0 Å². The van der Waals surface area contributed by atoms with Crippen molar-refractivity contribution in [3.05, 3.63) is 133 Å². The summed E-state index contributed by atoms with van der Waals surface area (Å²) in [4.78, 5) is -2.99. The van der Waals surface area contributed by atoms with Crippen molar-refractivity contribution in [3.63, 3.8) is 0 Å². The van der Waals surface area contributed by atoms with Gasteiger partial charge >= 0.3 is 0 Å². The van der Waals surface area contributed by atoms with Crippen molar-refractivity contribution in [2.24, 2.45) is 0 Å². The van der Waals surface area contributed by atoms with Crippen molar-refractivity contribution in [1.29, 1.82) is 0 Å². The van der Waals surface area contributed by atoms with Gasteiger partial charge in [-0.1, -0.05) is 48.5 Å². The Kier molecular flexibility index (Phi) is 8.44. The van der Waals surface area contributed by atoms with Crippen molar-refractivity contribution >= 4 is 29.5 Å². The summed E-state index contributed by atoms with van der Waals surface area (Å²) in [5.74, 6) is -1.38. The summed E-state index contributed by atoms with van der Waals surface area (Å²) < 4.78 is 82.5.